The highest BCUT2D eigenvalue weighted by atomic mass is 79.9. The van der Waals surface area contributed by atoms with E-state index in [0.717, 1.165) is 23.0 Å². The van der Waals surface area contributed by atoms with Gasteiger partial charge in [-0.25, -0.2) is 0 Å². The van der Waals surface area contributed by atoms with Crippen molar-refractivity contribution in [1.82, 2.24) is 0 Å². The number of hydrogen-bond donors (Lipinski definition) is 1. The van der Waals surface area contributed by atoms with Crippen LogP contribution in [-0.2, 0) is 6.42 Å². The first kappa shape index (κ1) is 14.1. The van der Waals surface area contributed by atoms with Crippen molar-refractivity contribution in [3.8, 4) is 0 Å². The van der Waals surface area contributed by atoms with E-state index < -0.39 is 0 Å². The Balaban J connectivity index is 1.88. The normalized spacial score (nSPS) is 16.6. The molecule has 0 fully saturated rings. The fourth-order valence-corrected chi connectivity index (χ4v) is 3.44. The van der Waals surface area contributed by atoms with E-state index >= 15 is 0 Å². The van der Waals surface area contributed by atoms with E-state index in [0.29, 0.717) is 5.56 Å². The van der Waals surface area contributed by atoms with Crippen LogP contribution in [0.3, 0.4) is 0 Å². The highest BCUT2D eigenvalue weighted by molar-refractivity contribution is 9.10. The van der Waals surface area contributed by atoms with Gasteiger partial charge in [0.1, 0.15) is 0 Å². The standard InChI is InChI=1S/C16H15BrN2O2/c1-10-5-6-11(9-16(10)19(20)21)18-15-8-7-12-13(15)3-2-4-14(12)17/h2-6,9,15,18H,7-8H2,1H3. The van der Waals surface area contributed by atoms with Crippen molar-refractivity contribution in [1.29, 1.82) is 0 Å². The van der Waals surface area contributed by atoms with E-state index in [1.54, 1.807) is 19.1 Å². The molecule has 0 radical (unpaired) electrons. The number of nitro groups is 1. The van der Waals surface area contributed by atoms with E-state index in [-0.39, 0.29) is 16.7 Å². The lowest BCUT2D eigenvalue weighted by Crippen LogP contribution is -2.07. The van der Waals surface area contributed by atoms with Crippen LogP contribution in [0.15, 0.2) is 40.9 Å². The fourth-order valence-electron chi connectivity index (χ4n) is 2.86. The molecule has 0 spiro atoms. The maximum Gasteiger partial charge on any atom is 0.274 e. The zero-order chi connectivity index (χ0) is 15.0. The molecule has 0 aromatic heterocycles. The van der Waals surface area contributed by atoms with Gasteiger partial charge in [-0.3, -0.25) is 10.1 Å². The molecule has 3 rings (SSSR count). The van der Waals surface area contributed by atoms with Crippen molar-refractivity contribution < 1.29 is 4.92 Å². The molecule has 1 N–H and O–H groups in total. The van der Waals surface area contributed by atoms with Gasteiger partial charge >= 0.3 is 0 Å². The second-order valence-electron chi connectivity index (χ2n) is 5.30. The summed E-state index contributed by atoms with van der Waals surface area (Å²) in [6.45, 7) is 1.75. The molecule has 21 heavy (non-hydrogen) atoms. The lowest BCUT2D eigenvalue weighted by Gasteiger charge is -2.16. The third kappa shape index (κ3) is 2.65. The average Bonchev–Trinajstić information content (AvgIpc) is 2.85. The minimum absolute atomic E-state index is 0.160. The summed E-state index contributed by atoms with van der Waals surface area (Å²) in [7, 11) is 0. The van der Waals surface area contributed by atoms with Crippen LogP contribution in [0.2, 0.25) is 0 Å². The summed E-state index contributed by atoms with van der Waals surface area (Å²) >= 11 is 3.58. The quantitative estimate of drug-likeness (QED) is 0.643. The van der Waals surface area contributed by atoms with Gasteiger partial charge in [0.2, 0.25) is 0 Å². The van der Waals surface area contributed by atoms with Crippen LogP contribution in [0, 0.1) is 17.0 Å². The molecule has 0 bridgehead atoms. The molecular weight excluding hydrogens is 332 g/mol. The number of rotatable bonds is 3. The van der Waals surface area contributed by atoms with Crippen molar-refractivity contribution in [2.75, 3.05) is 5.32 Å². The number of nitrogens with zero attached hydrogens (tertiary/aromatic N) is 1. The van der Waals surface area contributed by atoms with E-state index in [2.05, 4.69) is 33.4 Å². The van der Waals surface area contributed by atoms with Gasteiger partial charge in [-0.05, 0) is 43.0 Å². The molecule has 2 aromatic carbocycles. The van der Waals surface area contributed by atoms with Crippen LogP contribution in [-0.4, -0.2) is 4.92 Å². The summed E-state index contributed by atoms with van der Waals surface area (Å²) < 4.78 is 1.14. The second kappa shape index (κ2) is 5.48. The minimum Gasteiger partial charge on any atom is -0.378 e. The van der Waals surface area contributed by atoms with Crippen molar-refractivity contribution >= 4 is 27.3 Å². The average molecular weight is 347 g/mol. The first-order chi connectivity index (χ1) is 10.1. The van der Waals surface area contributed by atoms with E-state index in [1.165, 1.54) is 11.1 Å². The molecule has 0 heterocycles. The summed E-state index contributed by atoms with van der Waals surface area (Å²) in [5, 5.41) is 14.4. The molecule has 5 heteroatoms. The van der Waals surface area contributed by atoms with Crippen LogP contribution >= 0.6 is 15.9 Å². The maximum atomic E-state index is 11.0. The van der Waals surface area contributed by atoms with E-state index in [1.807, 2.05) is 12.1 Å². The van der Waals surface area contributed by atoms with Crippen molar-refractivity contribution in [3.05, 3.63) is 67.7 Å². The minimum atomic E-state index is -0.334. The Morgan fingerprint density at radius 1 is 1.33 bits per heavy atom. The Kier molecular flexibility index (Phi) is 3.68. The molecule has 1 aliphatic rings. The number of anilines is 1. The van der Waals surface area contributed by atoms with Gasteiger partial charge in [-0.15, -0.1) is 0 Å². The van der Waals surface area contributed by atoms with Crippen LogP contribution < -0.4 is 5.32 Å². The van der Waals surface area contributed by atoms with Gasteiger partial charge in [0.25, 0.3) is 5.69 Å². The third-order valence-corrected chi connectivity index (χ3v) is 4.70. The monoisotopic (exact) mass is 346 g/mol. The summed E-state index contributed by atoms with van der Waals surface area (Å²) in [5.74, 6) is 0. The van der Waals surface area contributed by atoms with Crippen LogP contribution in [0.5, 0.6) is 0 Å². The fraction of sp³-hybridized carbons (Fsp3) is 0.250. The molecule has 4 nitrogen and oxygen atoms in total. The Morgan fingerprint density at radius 3 is 2.90 bits per heavy atom. The topological polar surface area (TPSA) is 55.2 Å². The number of benzene rings is 2. The molecule has 1 atom stereocenters. The van der Waals surface area contributed by atoms with Crippen molar-refractivity contribution in [2.24, 2.45) is 0 Å². The molecule has 2 aromatic rings. The molecule has 108 valence electrons. The predicted molar refractivity (Wildman–Crippen MR) is 86.7 cm³/mol. The lowest BCUT2D eigenvalue weighted by atomic mass is 10.1. The highest BCUT2D eigenvalue weighted by Gasteiger charge is 2.24. The van der Waals surface area contributed by atoms with Crippen LogP contribution in [0.1, 0.15) is 29.2 Å². The Morgan fingerprint density at radius 2 is 2.14 bits per heavy atom. The van der Waals surface area contributed by atoms with E-state index in [9.17, 15) is 10.1 Å². The summed E-state index contributed by atoms with van der Waals surface area (Å²) in [6.07, 6.45) is 2.02. The molecule has 0 saturated heterocycles. The number of aryl methyl sites for hydroxylation is 1. The van der Waals surface area contributed by atoms with Crippen LogP contribution in [0.25, 0.3) is 0 Å². The summed E-state index contributed by atoms with van der Waals surface area (Å²) in [5.41, 5.74) is 4.24. The van der Waals surface area contributed by atoms with Gasteiger partial charge < -0.3 is 5.32 Å². The van der Waals surface area contributed by atoms with Gasteiger partial charge in [-0.2, -0.15) is 0 Å². The summed E-state index contributed by atoms with van der Waals surface area (Å²) in [6, 6.07) is 11.7. The number of nitro benzene ring substituents is 1. The molecule has 1 unspecified atom stereocenters. The van der Waals surface area contributed by atoms with Gasteiger partial charge in [0, 0.05) is 21.8 Å². The van der Waals surface area contributed by atoms with Crippen LogP contribution in [0.4, 0.5) is 11.4 Å². The Bertz CT molecular complexity index is 715. The van der Waals surface area contributed by atoms with E-state index in [4.69, 9.17) is 0 Å². The zero-order valence-corrected chi connectivity index (χ0v) is 13.2. The Hall–Kier alpha value is -1.88. The van der Waals surface area contributed by atoms with Crippen molar-refractivity contribution in [3.63, 3.8) is 0 Å². The molecular formula is C16H15BrN2O2. The smallest absolute Gasteiger partial charge is 0.274 e. The molecule has 0 amide bonds. The number of fused-ring (bicyclic) bond motifs is 1. The van der Waals surface area contributed by atoms with Gasteiger partial charge in [0.15, 0.2) is 0 Å². The number of nitrogens with one attached hydrogen (secondary N) is 1. The second-order valence-corrected chi connectivity index (χ2v) is 6.16. The first-order valence-corrected chi connectivity index (χ1v) is 7.64. The Labute approximate surface area is 131 Å². The largest absolute Gasteiger partial charge is 0.378 e. The van der Waals surface area contributed by atoms with Crippen molar-refractivity contribution in [2.45, 2.75) is 25.8 Å². The highest BCUT2D eigenvalue weighted by Crippen LogP contribution is 2.38. The first-order valence-electron chi connectivity index (χ1n) is 6.85. The predicted octanol–water partition coefficient (Wildman–Crippen LogP) is 4.77. The number of halogens is 1. The molecule has 0 aliphatic heterocycles. The van der Waals surface area contributed by atoms with Gasteiger partial charge in [-0.1, -0.05) is 34.1 Å². The maximum absolute atomic E-state index is 11.0. The number of hydrogen-bond acceptors (Lipinski definition) is 3. The zero-order valence-electron chi connectivity index (χ0n) is 11.6. The SMILES string of the molecule is Cc1ccc(NC2CCc3c(Br)cccc32)cc1[N+](=O)[O-]. The lowest BCUT2D eigenvalue weighted by molar-refractivity contribution is -0.385. The molecule has 0 saturated carbocycles. The molecule has 1 aliphatic carbocycles. The summed E-state index contributed by atoms with van der Waals surface area (Å²) in [4.78, 5) is 10.7. The van der Waals surface area contributed by atoms with Gasteiger partial charge in [0.05, 0.1) is 11.0 Å². The third-order valence-electron chi connectivity index (χ3n) is 3.96.